The summed E-state index contributed by atoms with van der Waals surface area (Å²) in [5.41, 5.74) is 0.546. The molecule has 0 fully saturated rings. The van der Waals surface area contributed by atoms with Crippen molar-refractivity contribution in [1.82, 2.24) is 10.2 Å². The van der Waals surface area contributed by atoms with E-state index in [2.05, 4.69) is 5.32 Å². The number of carbonyl (C=O) groups excluding carboxylic acids is 2. The van der Waals surface area contributed by atoms with Crippen LogP contribution in [0.1, 0.15) is 46.1 Å². The summed E-state index contributed by atoms with van der Waals surface area (Å²) < 4.78 is 26.1. The van der Waals surface area contributed by atoms with Crippen molar-refractivity contribution in [2.75, 3.05) is 17.1 Å². The lowest BCUT2D eigenvalue weighted by atomic mass is 10.1. The lowest BCUT2D eigenvalue weighted by molar-refractivity contribution is -0.141. The van der Waals surface area contributed by atoms with Crippen molar-refractivity contribution >= 4 is 62.3 Å². The fourth-order valence-corrected chi connectivity index (χ4v) is 5.17. The Morgan fingerprint density at radius 3 is 2.25 bits per heavy atom. The summed E-state index contributed by atoms with van der Waals surface area (Å²) in [6, 6.07) is 10.9. The van der Waals surface area contributed by atoms with E-state index in [-0.39, 0.29) is 48.5 Å². The molecule has 2 aromatic rings. The van der Waals surface area contributed by atoms with Crippen molar-refractivity contribution in [2.24, 2.45) is 0 Å². The molecule has 36 heavy (non-hydrogen) atoms. The van der Waals surface area contributed by atoms with Gasteiger partial charge in [0, 0.05) is 35.1 Å². The molecule has 1 unspecified atom stereocenters. The molecule has 2 rings (SSSR count). The molecule has 0 spiro atoms. The number of sulfonamides is 1. The average Bonchev–Trinajstić information content (AvgIpc) is 2.74. The van der Waals surface area contributed by atoms with Crippen LogP contribution in [-0.2, 0) is 26.2 Å². The number of carbonyl (C=O) groups is 2. The lowest BCUT2D eigenvalue weighted by Crippen LogP contribution is -2.52. The number of hydrogen-bond acceptors (Lipinski definition) is 4. The van der Waals surface area contributed by atoms with E-state index in [9.17, 15) is 18.0 Å². The van der Waals surface area contributed by atoms with Gasteiger partial charge >= 0.3 is 0 Å². The molecule has 0 bridgehead atoms. The molecule has 0 aliphatic heterocycles. The normalized spacial score (nSPS) is 12.7. The van der Waals surface area contributed by atoms with Crippen LogP contribution in [0, 0.1) is 0 Å². The summed E-state index contributed by atoms with van der Waals surface area (Å²) in [5, 5.41) is 3.99. The zero-order chi connectivity index (χ0) is 27.3. The molecule has 2 amide bonds. The molecule has 1 atom stereocenters. The Bertz CT molecular complexity index is 1200. The van der Waals surface area contributed by atoms with Crippen molar-refractivity contribution in [3.8, 4) is 0 Å². The van der Waals surface area contributed by atoms with Crippen LogP contribution in [0.15, 0.2) is 42.5 Å². The summed E-state index contributed by atoms with van der Waals surface area (Å²) in [6.07, 6.45) is 1.28. The van der Waals surface area contributed by atoms with Gasteiger partial charge in [0.25, 0.3) is 0 Å². The Hall–Kier alpha value is -2.00. The van der Waals surface area contributed by atoms with Crippen molar-refractivity contribution < 1.29 is 18.0 Å². The molecule has 7 nitrogen and oxygen atoms in total. The van der Waals surface area contributed by atoms with Crippen LogP contribution < -0.4 is 9.62 Å². The van der Waals surface area contributed by atoms with E-state index < -0.39 is 21.6 Å². The standard InChI is InChI=1S/C25H32Cl3N3O4S/c1-17(24(33)29-25(2,3)4)30(16-18-8-6-9-19(26)14-18)23(32)10-7-13-31(36(5,34)35)22-15-20(27)11-12-21(22)28/h6,8-9,11-12,14-15,17H,7,10,13,16H2,1-5H3,(H,29,33). The van der Waals surface area contributed by atoms with Gasteiger partial charge in [-0.25, -0.2) is 8.42 Å². The quantitative estimate of drug-likeness (QED) is 0.403. The Morgan fingerprint density at radius 2 is 1.67 bits per heavy atom. The van der Waals surface area contributed by atoms with Crippen molar-refractivity contribution in [3.05, 3.63) is 63.1 Å². The summed E-state index contributed by atoms with van der Waals surface area (Å²) in [7, 11) is -3.69. The largest absolute Gasteiger partial charge is 0.350 e. The molecule has 1 N–H and O–H groups in total. The molecular weight excluding hydrogens is 545 g/mol. The molecule has 0 aromatic heterocycles. The van der Waals surface area contributed by atoms with Crippen LogP contribution in [-0.4, -0.2) is 49.5 Å². The second-order valence-electron chi connectivity index (χ2n) is 9.60. The summed E-state index contributed by atoms with van der Waals surface area (Å²) in [6.45, 7) is 7.44. The zero-order valence-corrected chi connectivity index (χ0v) is 24.1. The maximum Gasteiger partial charge on any atom is 0.242 e. The second-order valence-corrected chi connectivity index (χ2v) is 12.8. The van der Waals surface area contributed by atoms with Gasteiger partial charge < -0.3 is 10.2 Å². The van der Waals surface area contributed by atoms with Gasteiger partial charge in [-0.1, -0.05) is 46.9 Å². The van der Waals surface area contributed by atoms with Gasteiger partial charge in [0.2, 0.25) is 21.8 Å². The van der Waals surface area contributed by atoms with Crippen LogP contribution in [0.2, 0.25) is 15.1 Å². The van der Waals surface area contributed by atoms with Gasteiger partial charge in [-0.05, 0) is 70.0 Å². The SMILES string of the molecule is CC(C(=O)NC(C)(C)C)N(Cc1cccc(Cl)c1)C(=O)CCCN(c1cc(Cl)ccc1Cl)S(C)(=O)=O. The molecule has 0 saturated heterocycles. The first kappa shape index (κ1) is 30.2. The molecule has 0 aliphatic carbocycles. The van der Waals surface area contributed by atoms with Crippen molar-refractivity contribution in [3.63, 3.8) is 0 Å². The molecule has 0 heterocycles. The molecule has 11 heteroatoms. The molecular formula is C25H32Cl3N3O4S. The third kappa shape index (κ3) is 9.14. The highest BCUT2D eigenvalue weighted by Crippen LogP contribution is 2.31. The number of benzene rings is 2. The summed E-state index contributed by atoms with van der Waals surface area (Å²) >= 11 is 18.4. The number of rotatable bonds is 10. The number of nitrogens with zero attached hydrogens (tertiary/aromatic N) is 2. The fourth-order valence-electron chi connectivity index (χ4n) is 3.55. The maximum absolute atomic E-state index is 13.3. The number of hydrogen-bond donors (Lipinski definition) is 1. The van der Waals surface area contributed by atoms with Crippen LogP contribution in [0.25, 0.3) is 0 Å². The summed E-state index contributed by atoms with van der Waals surface area (Å²) in [5.74, 6) is -0.585. The Morgan fingerprint density at radius 1 is 1.03 bits per heavy atom. The first-order valence-electron chi connectivity index (χ1n) is 11.4. The van der Waals surface area contributed by atoms with Crippen LogP contribution in [0.4, 0.5) is 5.69 Å². The first-order chi connectivity index (χ1) is 16.6. The minimum atomic E-state index is -3.69. The number of nitrogens with one attached hydrogen (secondary N) is 1. The number of anilines is 1. The highest BCUT2D eigenvalue weighted by atomic mass is 35.5. The topological polar surface area (TPSA) is 86.8 Å². The predicted octanol–water partition coefficient (Wildman–Crippen LogP) is 5.53. The van der Waals surface area contributed by atoms with Gasteiger partial charge in [-0.3, -0.25) is 13.9 Å². The number of amides is 2. The van der Waals surface area contributed by atoms with E-state index in [1.165, 1.54) is 17.0 Å². The molecule has 198 valence electrons. The van der Waals surface area contributed by atoms with Crippen LogP contribution >= 0.6 is 34.8 Å². The summed E-state index contributed by atoms with van der Waals surface area (Å²) in [4.78, 5) is 27.7. The highest BCUT2D eigenvalue weighted by molar-refractivity contribution is 7.92. The molecule has 2 aromatic carbocycles. The Balaban J connectivity index is 2.23. The maximum atomic E-state index is 13.3. The monoisotopic (exact) mass is 575 g/mol. The Labute approximate surface area is 228 Å². The van der Waals surface area contributed by atoms with E-state index in [1.54, 1.807) is 31.2 Å². The average molecular weight is 577 g/mol. The minimum Gasteiger partial charge on any atom is -0.350 e. The smallest absolute Gasteiger partial charge is 0.242 e. The van der Waals surface area contributed by atoms with Crippen molar-refractivity contribution in [2.45, 2.75) is 58.7 Å². The van der Waals surface area contributed by atoms with E-state index >= 15 is 0 Å². The van der Waals surface area contributed by atoms with E-state index in [0.717, 1.165) is 16.1 Å². The lowest BCUT2D eigenvalue weighted by Gasteiger charge is -2.32. The van der Waals surface area contributed by atoms with E-state index in [0.29, 0.717) is 10.0 Å². The van der Waals surface area contributed by atoms with E-state index in [4.69, 9.17) is 34.8 Å². The van der Waals surface area contributed by atoms with Gasteiger partial charge in [0.15, 0.2) is 0 Å². The predicted molar refractivity (Wildman–Crippen MR) is 147 cm³/mol. The van der Waals surface area contributed by atoms with Gasteiger partial charge in [0.05, 0.1) is 17.0 Å². The zero-order valence-electron chi connectivity index (χ0n) is 21.0. The minimum absolute atomic E-state index is 0.0118. The fraction of sp³-hybridized carbons (Fsp3) is 0.440. The van der Waals surface area contributed by atoms with E-state index in [1.807, 2.05) is 26.8 Å². The molecule has 0 saturated carbocycles. The number of halogens is 3. The molecule has 0 aliphatic rings. The second kappa shape index (κ2) is 12.5. The Kier molecular flexibility index (Phi) is 10.5. The third-order valence-corrected chi connectivity index (χ3v) is 7.21. The highest BCUT2D eigenvalue weighted by Gasteiger charge is 2.29. The van der Waals surface area contributed by atoms with Gasteiger partial charge in [0.1, 0.15) is 6.04 Å². The van der Waals surface area contributed by atoms with Gasteiger partial charge in [-0.2, -0.15) is 0 Å². The van der Waals surface area contributed by atoms with Crippen LogP contribution in [0.3, 0.4) is 0 Å². The third-order valence-electron chi connectivity index (χ3n) is 5.24. The van der Waals surface area contributed by atoms with Crippen LogP contribution in [0.5, 0.6) is 0 Å². The first-order valence-corrected chi connectivity index (χ1v) is 14.4. The van der Waals surface area contributed by atoms with Crippen molar-refractivity contribution in [1.29, 1.82) is 0 Å². The van der Waals surface area contributed by atoms with Gasteiger partial charge in [-0.15, -0.1) is 0 Å². The molecule has 0 radical (unpaired) electrons.